The second kappa shape index (κ2) is 6.04. The van der Waals surface area contributed by atoms with Crippen LogP contribution in [0.15, 0.2) is 12.1 Å². The SMILES string of the molecule is Cn1c(C(=O)N2CCCCC2CCN)ccc1[N+](=O)[O-]. The van der Waals surface area contributed by atoms with Crippen LogP contribution < -0.4 is 5.73 Å². The Balaban J connectivity index is 2.23. The quantitative estimate of drug-likeness (QED) is 0.664. The van der Waals surface area contributed by atoms with Crippen LogP contribution >= 0.6 is 0 Å². The Morgan fingerprint density at radius 3 is 2.85 bits per heavy atom. The molecule has 20 heavy (non-hydrogen) atoms. The van der Waals surface area contributed by atoms with E-state index < -0.39 is 4.92 Å². The van der Waals surface area contributed by atoms with Crippen LogP contribution in [0.2, 0.25) is 0 Å². The van der Waals surface area contributed by atoms with Gasteiger partial charge in [0.2, 0.25) is 0 Å². The summed E-state index contributed by atoms with van der Waals surface area (Å²) in [6, 6.07) is 3.04. The van der Waals surface area contributed by atoms with Crippen molar-refractivity contribution in [3.05, 3.63) is 27.9 Å². The van der Waals surface area contributed by atoms with Crippen molar-refractivity contribution in [2.75, 3.05) is 13.1 Å². The molecule has 1 aliphatic rings. The van der Waals surface area contributed by atoms with Gasteiger partial charge in [-0.15, -0.1) is 0 Å². The highest BCUT2D eigenvalue weighted by Crippen LogP contribution is 2.23. The molecule has 7 heteroatoms. The Hall–Kier alpha value is -1.89. The van der Waals surface area contributed by atoms with Crippen molar-refractivity contribution in [1.29, 1.82) is 0 Å². The van der Waals surface area contributed by atoms with Crippen LogP contribution in [-0.4, -0.2) is 39.4 Å². The molecule has 2 N–H and O–H groups in total. The first kappa shape index (κ1) is 14.5. The van der Waals surface area contributed by atoms with E-state index in [0.29, 0.717) is 18.8 Å². The number of carbonyl (C=O) groups excluding carboxylic acids is 1. The summed E-state index contributed by atoms with van der Waals surface area (Å²) in [5.74, 6) is -0.209. The zero-order chi connectivity index (χ0) is 14.7. The lowest BCUT2D eigenvalue weighted by molar-refractivity contribution is -0.391. The molecule has 110 valence electrons. The van der Waals surface area contributed by atoms with E-state index in [2.05, 4.69) is 0 Å². The largest absolute Gasteiger partial charge is 0.358 e. The topological polar surface area (TPSA) is 94.4 Å². The van der Waals surface area contributed by atoms with Crippen molar-refractivity contribution in [2.45, 2.75) is 31.7 Å². The molecule has 1 atom stereocenters. The number of piperidine rings is 1. The molecule has 1 aromatic rings. The molecule has 1 aromatic heterocycles. The van der Waals surface area contributed by atoms with Crippen molar-refractivity contribution >= 4 is 11.7 Å². The molecule has 0 aliphatic carbocycles. The lowest BCUT2D eigenvalue weighted by atomic mass is 9.99. The van der Waals surface area contributed by atoms with Crippen molar-refractivity contribution in [3.8, 4) is 0 Å². The molecule has 0 aromatic carbocycles. The van der Waals surface area contributed by atoms with E-state index in [1.165, 1.54) is 16.7 Å². The van der Waals surface area contributed by atoms with Crippen molar-refractivity contribution in [2.24, 2.45) is 12.8 Å². The predicted octanol–water partition coefficient (Wildman–Crippen LogP) is 1.28. The number of aromatic nitrogens is 1. The fraction of sp³-hybridized carbons (Fsp3) is 0.615. The minimum Gasteiger partial charge on any atom is -0.358 e. The number of nitro groups is 1. The van der Waals surface area contributed by atoms with Crippen LogP contribution in [0.5, 0.6) is 0 Å². The summed E-state index contributed by atoms with van der Waals surface area (Å²) < 4.78 is 1.34. The highest BCUT2D eigenvalue weighted by molar-refractivity contribution is 5.93. The van der Waals surface area contributed by atoms with Gasteiger partial charge in [-0.05, 0) is 43.2 Å². The monoisotopic (exact) mass is 280 g/mol. The molecule has 0 saturated carbocycles. The van der Waals surface area contributed by atoms with Gasteiger partial charge in [-0.25, -0.2) is 4.57 Å². The second-order valence-corrected chi connectivity index (χ2v) is 5.12. The van der Waals surface area contributed by atoms with Crippen LogP contribution in [0.1, 0.15) is 36.2 Å². The third-order valence-corrected chi connectivity index (χ3v) is 3.89. The standard InChI is InChI=1S/C13H20N4O3/c1-15-11(5-6-12(15)17(19)20)13(18)16-9-3-2-4-10(16)7-8-14/h5-6,10H,2-4,7-9,14H2,1H3. The van der Waals surface area contributed by atoms with Gasteiger partial charge in [-0.3, -0.25) is 4.79 Å². The number of carbonyl (C=O) groups is 1. The normalized spacial score (nSPS) is 19.1. The molecule has 1 unspecified atom stereocenters. The Morgan fingerprint density at radius 1 is 1.50 bits per heavy atom. The van der Waals surface area contributed by atoms with Gasteiger partial charge in [0, 0.05) is 18.7 Å². The van der Waals surface area contributed by atoms with E-state index in [9.17, 15) is 14.9 Å². The zero-order valence-electron chi connectivity index (χ0n) is 11.6. The molecule has 1 fully saturated rings. The van der Waals surface area contributed by atoms with Crippen LogP contribution in [0.25, 0.3) is 0 Å². The second-order valence-electron chi connectivity index (χ2n) is 5.12. The first-order valence-corrected chi connectivity index (χ1v) is 6.87. The maximum Gasteiger partial charge on any atom is 0.323 e. The van der Waals surface area contributed by atoms with Gasteiger partial charge in [0.05, 0.1) is 7.05 Å². The Bertz CT molecular complexity index is 510. The summed E-state index contributed by atoms with van der Waals surface area (Å²) in [5.41, 5.74) is 5.96. The van der Waals surface area contributed by atoms with Gasteiger partial charge >= 0.3 is 5.82 Å². The first-order chi connectivity index (χ1) is 9.56. The highest BCUT2D eigenvalue weighted by Gasteiger charge is 2.31. The Kier molecular flexibility index (Phi) is 4.39. The van der Waals surface area contributed by atoms with Gasteiger partial charge in [0.25, 0.3) is 5.91 Å². The highest BCUT2D eigenvalue weighted by atomic mass is 16.6. The molecular weight excluding hydrogens is 260 g/mol. The van der Waals surface area contributed by atoms with Crippen molar-refractivity contribution in [3.63, 3.8) is 0 Å². The van der Waals surface area contributed by atoms with E-state index in [1.807, 2.05) is 4.90 Å². The molecule has 1 amide bonds. The molecular formula is C13H20N4O3. The molecule has 2 heterocycles. The van der Waals surface area contributed by atoms with E-state index in [1.54, 1.807) is 7.05 Å². The summed E-state index contributed by atoms with van der Waals surface area (Å²) in [6.07, 6.45) is 3.80. The zero-order valence-corrected chi connectivity index (χ0v) is 11.6. The lowest BCUT2D eigenvalue weighted by Gasteiger charge is -2.35. The first-order valence-electron chi connectivity index (χ1n) is 6.87. The molecule has 0 bridgehead atoms. The van der Waals surface area contributed by atoms with Gasteiger partial charge in [0.15, 0.2) is 5.69 Å². The van der Waals surface area contributed by atoms with Crippen LogP contribution in [0.3, 0.4) is 0 Å². The maximum absolute atomic E-state index is 12.6. The van der Waals surface area contributed by atoms with Gasteiger partial charge < -0.3 is 20.7 Å². The fourth-order valence-corrected chi connectivity index (χ4v) is 2.81. The lowest BCUT2D eigenvalue weighted by Crippen LogP contribution is -2.45. The molecule has 1 saturated heterocycles. The smallest absolute Gasteiger partial charge is 0.323 e. The summed E-state index contributed by atoms with van der Waals surface area (Å²) in [6.45, 7) is 1.24. The molecule has 1 aliphatic heterocycles. The van der Waals surface area contributed by atoms with Gasteiger partial charge in [0.1, 0.15) is 0 Å². The number of hydrogen-bond acceptors (Lipinski definition) is 4. The maximum atomic E-state index is 12.6. The minimum absolute atomic E-state index is 0.0688. The van der Waals surface area contributed by atoms with Crippen molar-refractivity contribution in [1.82, 2.24) is 9.47 Å². The van der Waals surface area contributed by atoms with E-state index in [-0.39, 0.29) is 17.8 Å². The Labute approximate surface area is 117 Å². The number of amides is 1. The molecule has 0 spiro atoms. The van der Waals surface area contributed by atoms with Gasteiger partial charge in [-0.1, -0.05) is 0 Å². The molecule has 7 nitrogen and oxygen atoms in total. The number of nitrogens with two attached hydrogens (primary N) is 1. The minimum atomic E-state index is -0.482. The number of hydrogen-bond donors (Lipinski definition) is 1. The van der Waals surface area contributed by atoms with E-state index >= 15 is 0 Å². The average Bonchev–Trinajstić information content (AvgIpc) is 2.81. The van der Waals surface area contributed by atoms with E-state index in [0.717, 1.165) is 25.7 Å². The van der Waals surface area contributed by atoms with Crippen LogP contribution in [-0.2, 0) is 7.05 Å². The van der Waals surface area contributed by atoms with Crippen LogP contribution in [0.4, 0.5) is 5.82 Å². The summed E-state index contributed by atoms with van der Waals surface area (Å²) >= 11 is 0. The predicted molar refractivity (Wildman–Crippen MR) is 74.4 cm³/mol. The summed E-state index contributed by atoms with van der Waals surface area (Å²) in [7, 11) is 1.55. The van der Waals surface area contributed by atoms with Gasteiger partial charge in [-0.2, -0.15) is 0 Å². The molecule has 0 radical (unpaired) electrons. The third kappa shape index (κ3) is 2.67. The number of rotatable bonds is 4. The fourth-order valence-electron chi connectivity index (χ4n) is 2.81. The molecule has 2 rings (SSSR count). The summed E-state index contributed by atoms with van der Waals surface area (Å²) in [4.78, 5) is 24.8. The Morgan fingerprint density at radius 2 is 2.25 bits per heavy atom. The number of likely N-dealkylation sites (tertiary alicyclic amines) is 1. The summed E-state index contributed by atoms with van der Waals surface area (Å²) in [5, 5.41) is 10.8. The van der Waals surface area contributed by atoms with Crippen molar-refractivity contribution < 1.29 is 9.72 Å². The number of nitrogens with zero attached hydrogens (tertiary/aromatic N) is 3. The average molecular weight is 280 g/mol. The van der Waals surface area contributed by atoms with Crippen LogP contribution in [0, 0.1) is 10.1 Å². The third-order valence-electron chi connectivity index (χ3n) is 3.89. The van der Waals surface area contributed by atoms with E-state index in [4.69, 9.17) is 5.73 Å².